The number of rotatable bonds is 3. The summed E-state index contributed by atoms with van der Waals surface area (Å²) in [4.78, 5) is 25.4. The average molecular weight is 240 g/mol. The maximum atomic E-state index is 12.0. The molecule has 2 amide bonds. The van der Waals surface area contributed by atoms with Crippen molar-refractivity contribution in [2.75, 3.05) is 39.4 Å². The van der Waals surface area contributed by atoms with Crippen molar-refractivity contribution in [3.05, 3.63) is 0 Å². The number of terminal acetylenes is 1. The van der Waals surface area contributed by atoms with Crippen molar-refractivity contribution in [2.45, 2.75) is 6.42 Å². The first-order chi connectivity index (χ1) is 8.15. The smallest absolute Gasteiger partial charge is 0.323 e. The SMILES string of the molecule is C#CCN(CC(=O)O)C(=O)N1CCCOCC1. The number of amides is 2. The molecule has 0 aliphatic carbocycles. The van der Waals surface area contributed by atoms with Crippen LogP contribution in [0.5, 0.6) is 0 Å². The molecule has 0 atom stereocenters. The highest BCUT2D eigenvalue weighted by atomic mass is 16.5. The van der Waals surface area contributed by atoms with Crippen LogP contribution in [0, 0.1) is 12.3 Å². The van der Waals surface area contributed by atoms with Gasteiger partial charge in [0.1, 0.15) is 6.54 Å². The molecule has 94 valence electrons. The van der Waals surface area contributed by atoms with E-state index in [2.05, 4.69) is 5.92 Å². The zero-order chi connectivity index (χ0) is 12.7. The summed E-state index contributed by atoms with van der Waals surface area (Å²) in [5.41, 5.74) is 0. The summed E-state index contributed by atoms with van der Waals surface area (Å²) in [6, 6.07) is -0.337. The lowest BCUT2D eigenvalue weighted by molar-refractivity contribution is -0.137. The van der Waals surface area contributed by atoms with Crippen LogP contribution in [0.4, 0.5) is 4.79 Å². The molecule has 17 heavy (non-hydrogen) atoms. The van der Waals surface area contributed by atoms with Gasteiger partial charge >= 0.3 is 12.0 Å². The van der Waals surface area contributed by atoms with Crippen LogP contribution in [-0.2, 0) is 9.53 Å². The van der Waals surface area contributed by atoms with Crippen LogP contribution < -0.4 is 0 Å². The Labute approximate surface area is 100 Å². The number of urea groups is 1. The molecular formula is C11H16N2O4. The van der Waals surface area contributed by atoms with Gasteiger partial charge in [0.2, 0.25) is 0 Å². The van der Waals surface area contributed by atoms with E-state index in [4.69, 9.17) is 16.3 Å². The Kier molecular flexibility index (Phi) is 5.30. The summed E-state index contributed by atoms with van der Waals surface area (Å²) in [5.74, 6) is 1.22. The van der Waals surface area contributed by atoms with Gasteiger partial charge < -0.3 is 19.6 Å². The summed E-state index contributed by atoms with van der Waals surface area (Å²) in [5, 5.41) is 8.71. The maximum Gasteiger partial charge on any atom is 0.323 e. The van der Waals surface area contributed by atoms with Crippen LogP contribution in [0.3, 0.4) is 0 Å². The topological polar surface area (TPSA) is 70.1 Å². The number of carbonyl (C=O) groups excluding carboxylic acids is 1. The van der Waals surface area contributed by atoms with Gasteiger partial charge in [-0.15, -0.1) is 6.42 Å². The van der Waals surface area contributed by atoms with E-state index in [1.54, 1.807) is 4.90 Å². The van der Waals surface area contributed by atoms with Crippen LogP contribution >= 0.6 is 0 Å². The van der Waals surface area contributed by atoms with Gasteiger partial charge in [0.25, 0.3) is 0 Å². The zero-order valence-electron chi connectivity index (χ0n) is 9.59. The highest BCUT2D eigenvalue weighted by molar-refractivity contribution is 5.80. The molecule has 0 spiro atoms. The van der Waals surface area contributed by atoms with Gasteiger partial charge in [-0.1, -0.05) is 5.92 Å². The number of carboxylic acids is 1. The van der Waals surface area contributed by atoms with Gasteiger partial charge in [-0.2, -0.15) is 0 Å². The number of carbonyl (C=O) groups is 2. The number of carboxylic acid groups (broad SMARTS) is 1. The lowest BCUT2D eigenvalue weighted by Crippen LogP contribution is -2.46. The minimum atomic E-state index is -1.07. The third kappa shape index (κ3) is 4.33. The standard InChI is InChI=1S/C11H16N2O4/c1-2-4-13(9-10(14)15)11(16)12-5-3-7-17-8-6-12/h1H,3-9H2,(H,14,15). The summed E-state index contributed by atoms with van der Waals surface area (Å²) >= 11 is 0. The highest BCUT2D eigenvalue weighted by Crippen LogP contribution is 2.04. The maximum absolute atomic E-state index is 12.0. The van der Waals surface area contributed by atoms with E-state index in [1.807, 2.05) is 0 Å². The molecule has 0 saturated carbocycles. The predicted octanol–water partition coefficient (Wildman–Crippen LogP) is -0.151. The molecule has 0 radical (unpaired) electrons. The first-order valence-corrected chi connectivity index (χ1v) is 5.42. The molecule has 0 aromatic carbocycles. The Bertz CT molecular complexity index is 316. The fourth-order valence-corrected chi connectivity index (χ4v) is 1.60. The van der Waals surface area contributed by atoms with Crippen molar-refractivity contribution >= 4 is 12.0 Å². The molecule has 0 aromatic heterocycles. The van der Waals surface area contributed by atoms with E-state index in [0.717, 1.165) is 11.3 Å². The van der Waals surface area contributed by atoms with Crippen LogP contribution in [0.25, 0.3) is 0 Å². The third-order valence-electron chi connectivity index (χ3n) is 2.37. The Hall–Kier alpha value is -1.74. The predicted molar refractivity (Wildman–Crippen MR) is 60.4 cm³/mol. The molecule has 0 aromatic rings. The van der Waals surface area contributed by atoms with E-state index < -0.39 is 5.97 Å². The van der Waals surface area contributed by atoms with Crippen LogP contribution in [0.2, 0.25) is 0 Å². The van der Waals surface area contributed by atoms with Gasteiger partial charge in [-0.3, -0.25) is 4.79 Å². The van der Waals surface area contributed by atoms with Crippen molar-refractivity contribution < 1.29 is 19.4 Å². The second-order valence-corrected chi connectivity index (χ2v) is 3.69. The highest BCUT2D eigenvalue weighted by Gasteiger charge is 2.22. The summed E-state index contributed by atoms with van der Waals surface area (Å²) in [6.07, 6.45) is 5.88. The molecule has 6 heteroatoms. The summed E-state index contributed by atoms with van der Waals surface area (Å²) < 4.78 is 5.23. The normalized spacial score (nSPS) is 15.8. The Morgan fingerprint density at radius 3 is 2.82 bits per heavy atom. The molecule has 1 fully saturated rings. The van der Waals surface area contributed by atoms with E-state index >= 15 is 0 Å². The Balaban J connectivity index is 2.61. The molecule has 1 aliphatic rings. The van der Waals surface area contributed by atoms with E-state index in [-0.39, 0.29) is 19.1 Å². The average Bonchev–Trinajstić information content (AvgIpc) is 2.55. The molecule has 1 N–H and O–H groups in total. The molecule has 6 nitrogen and oxygen atoms in total. The van der Waals surface area contributed by atoms with Gasteiger partial charge in [-0.25, -0.2) is 4.79 Å². The first kappa shape index (κ1) is 13.3. The lowest BCUT2D eigenvalue weighted by Gasteiger charge is -2.27. The monoisotopic (exact) mass is 240 g/mol. The van der Waals surface area contributed by atoms with Crippen molar-refractivity contribution in [3.8, 4) is 12.3 Å². The number of hydrogen-bond donors (Lipinski definition) is 1. The lowest BCUT2D eigenvalue weighted by atomic mass is 10.4. The molecule has 0 bridgehead atoms. The van der Waals surface area contributed by atoms with E-state index in [9.17, 15) is 9.59 Å². The number of aliphatic carboxylic acids is 1. The number of nitrogens with zero attached hydrogens (tertiary/aromatic N) is 2. The molecule has 0 unspecified atom stereocenters. The number of hydrogen-bond acceptors (Lipinski definition) is 3. The molecule has 1 heterocycles. The van der Waals surface area contributed by atoms with Gasteiger partial charge in [0, 0.05) is 19.7 Å². The van der Waals surface area contributed by atoms with Gasteiger partial charge in [0.05, 0.1) is 13.2 Å². The fourth-order valence-electron chi connectivity index (χ4n) is 1.60. The zero-order valence-corrected chi connectivity index (χ0v) is 9.59. The molecule has 1 aliphatic heterocycles. The van der Waals surface area contributed by atoms with E-state index in [1.165, 1.54) is 0 Å². The van der Waals surface area contributed by atoms with Gasteiger partial charge in [0.15, 0.2) is 0 Å². The summed E-state index contributed by atoms with van der Waals surface area (Å²) in [6.45, 7) is 1.77. The van der Waals surface area contributed by atoms with Crippen molar-refractivity contribution in [1.29, 1.82) is 0 Å². The first-order valence-electron chi connectivity index (χ1n) is 5.42. The molecule has 1 rings (SSSR count). The second kappa shape index (κ2) is 6.76. The fraction of sp³-hybridized carbons (Fsp3) is 0.636. The minimum Gasteiger partial charge on any atom is -0.480 e. The molecular weight excluding hydrogens is 224 g/mol. The van der Waals surface area contributed by atoms with E-state index in [0.29, 0.717) is 26.3 Å². The quantitative estimate of drug-likeness (QED) is 0.696. The Morgan fingerprint density at radius 1 is 1.41 bits per heavy atom. The third-order valence-corrected chi connectivity index (χ3v) is 2.37. The van der Waals surface area contributed by atoms with Gasteiger partial charge in [-0.05, 0) is 6.42 Å². The van der Waals surface area contributed by atoms with Crippen LogP contribution in [-0.4, -0.2) is 66.3 Å². The Morgan fingerprint density at radius 2 is 2.18 bits per heavy atom. The van der Waals surface area contributed by atoms with Crippen molar-refractivity contribution in [2.24, 2.45) is 0 Å². The molecule has 1 saturated heterocycles. The second-order valence-electron chi connectivity index (χ2n) is 3.69. The van der Waals surface area contributed by atoms with Crippen LogP contribution in [0.15, 0.2) is 0 Å². The van der Waals surface area contributed by atoms with Crippen molar-refractivity contribution in [1.82, 2.24) is 9.80 Å². The largest absolute Gasteiger partial charge is 0.480 e. The van der Waals surface area contributed by atoms with Crippen molar-refractivity contribution in [3.63, 3.8) is 0 Å². The summed E-state index contributed by atoms with van der Waals surface area (Å²) in [7, 11) is 0. The minimum absolute atomic E-state index is 0.00247. The van der Waals surface area contributed by atoms with Crippen LogP contribution in [0.1, 0.15) is 6.42 Å². The number of ether oxygens (including phenoxy) is 1.